The van der Waals surface area contributed by atoms with Gasteiger partial charge in [-0.1, -0.05) is 13.8 Å². The summed E-state index contributed by atoms with van der Waals surface area (Å²) < 4.78 is 0. The molecule has 0 N–H and O–H groups in total. The molecule has 0 unspecified atom stereocenters. The quantitative estimate of drug-likeness (QED) is 0.446. The molecule has 0 aliphatic heterocycles. The van der Waals surface area contributed by atoms with Gasteiger partial charge < -0.3 is 4.79 Å². The van der Waals surface area contributed by atoms with Crippen molar-refractivity contribution < 1.29 is 37.5 Å². The van der Waals surface area contributed by atoms with Crippen LogP contribution in [0, 0.1) is 6.08 Å². The maximum absolute atomic E-state index is 10.3. The maximum Gasteiger partial charge on any atom is 0.000296 e. The summed E-state index contributed by atoms with van der Waals surface area (Å²) in [5, 5.41) is 0. The zero-order chi connectivity index (χ0) is 5.86. The van der Waals surface area contributed by atoms with Crippen LogP contribution in [0.25, 0.3) is 0 Å². The average Bonchev–Trinajstić information content (AvgIpc) is 1.65. The van der Waals surface area contributed by atoms with Crippen molar-refractivity contribution in [2.45, 2.75) is 20.8 Å². The van der Waals surface area contributed by atoms with E-state index in [0.29, 0.717) is 5.57 Å². The van der Waals surface area contributed by atoms with Crippen LogP contribution in [0.4, 0.5) is 0 Å². The Morgan fingerprint density at radius 1 is 1.38 bits per heavy atom. The molecule has 0 fully saturated rings. The first-order valence-electron chi connectivity index (χ1n) is 2.20. The van der Waals surface area contributed by atoms with E-state index in [9.17, 15) is 4.79 Å². The minimum atomic E-state index is 0. The van der Waals surface area contributed by atoms with Gasteiger partial charge in [-0.2, -0.15) is 5.57 Å². The Balaban J connectivity index is 0. The van der Waals surface area contributed by atoms with Gasteiger partial charge in [0, 0.05) is 38.5 Å². The fourth-order valence-electron chi connectivity index (χ4n) is 0.176. The van der Waals surface area contributed by atoms with Crippen molar-refractivity contribution >= 4 is 5.78 Å². The van der Waals surface area contributed by atoms with Gasteiger partial charge in [-0.05, 0) is 0 Å². The Morgan fingerprint density at radius 3 is 1.75 bits per heavy atom. The molecule has 0 aliphatic carbocycles. The van der Waals surface area contributed by atoms with Crippen molar-refractivity contribution in [2.24, 2.45) is 0 Å². The Labute approximate surface area is 75.4 Å². The van der Waals surface area contributed by atoms with Crippen molar-refractivity contribution in [1.29, 1.82) is 0 Å². The van der Waals surface area contributed by atoms with Gasteiger partial charge in [0.05, 0.1) is 0 Å². The van der Waals surface area contributed by atoms with Gasteiger partial charge >= 0.3 is 0 Å². The Bertz CT molecular complexity index is 105. The second-order valence-electron chi connectivity index (χ2n) is 1.43. The zero-order valence-corrected chi connectivity index (χ0v) is 8.32. The van der Waals surface area contributed by atoms with Gasteiger partial charge in [-0.15, -0.1) is 6.92 Å². The molecule has 0 aliphatic rings. The van der Waals surface area contributed by atoms with E-state index in [2.05, 4.69) is 6.08 Å². The van der Waals surface area contributed by atoms with Crippen LogP contribution in [-0.4, -0.2) is 5.78 Å². The van der Waals surface area contributed by atoms with Crippen molar-refractivity contribution in [3.05, 3.63) is 11.6 Å². The van der Waals surface area contributed by atoms with Crippen molar-refractivity contribution in [3.8, 4) is 0 Å². The van der Waals surface area contributed by atoms with E-state index < -0.39 is 0 Å². The van der Waals surface area contributed by atoms with Crippen molar-refractivity contribution in [2.75, 3.05) is 0 Å². The summed E-state index contributed by atoms with van der Waals surface area (Å²) in [6.07, 6.45) is 2.73. The molecule has 0 bridgehead atoms. The molecule has 0 spiro atoms. The zero-order valence-electron chi connectivity index (χ0n) is 5.49. The summed E-state index contributed by atoms with van der Waals surface area (Å²) in [5.74, 6) is 0.0995. The van der Waals surface area contributed by atoms with E-state index in [4.69, 9.17) is 0 Å². The first kappa shape index (κ1) is 11.3. The van der Waals surface area contributed by atoms with E-state index in [0.717, 1.165) is 0 Å². The minimum absolute atomic E-state index is 0. The fourth-order valence-corrected chi connectivity index (χ4v) is 0.176. The molecular formula is C6H9OY-. The van der Waals surface area contributed by atoms with Gasteiger partial charge in [-0.25, -0.2) is 0 Å². The maximum atomic E-state index is 10.3. The normalized spacial score (nSPS) is 10.1. The first-order valence-corrected chi connectivity index (χ1v) is 2.20. The summed E-state index contributed by atoms with van der Waals surface area (Å²) in [4.78, 5) is 10.3. The molecule has 2 heteroatoms. The molecule has 0 amide bonds. The molecule has 0 aromatic carbocycles. The Morgan fingerprint density at radius 2 is 1.75 bits per heavy atom. The van der Waals surface area contributed by atoms with Gasteiger partial charge in [0.25, 0.3) is 0 Å². The predicted molar refractivity (Wildman–Crippen MR) is 28.8 cm³/mol. The van der Waals surface area contributed by atoms with E-state index in [1.54, 1.807) is 13.8 Å². The molecule has 8 heavy (non-hydrogen) atoms. The smallest absolute Gasteiger partial charge is 0.000296 e. The average molecular weight is 186 g/mol. The second-order valence-corrected chi connectivity index (χ2v) is 1.43. The summed E-state index contributed by atoms with van der Waals surface area (Å²) in [7, 11) is 0. The van der Waals surface area contributed by atoms with Crippen LogP contribution in [0.15, 0.2) is 5.57 Å². The first-order chi connectivity index (χ1) is 3.18. The third-order valence-corrected chi connectivity index (χ3v) is 0.903. The van der Waals surface area contributed by atoms with Gasteiger partial charge in [0.15, 0.2) is 0 Å². The number of ketones is 1. The standard InChI is InChI=1S/C6H9O.Y/c1-4-5(2)6(3)7;/h1-3H3;/q-1;. The van der Waals surface area contributed by atoms with Crippen molar-refractivity contribution in [3.63, 3.8) is 0 Å². The molecule has 1 nitrogen and oxygen atoms in total. The summed E-state index contributed by atoms with van der Waals surface area (Å²) in [5.41, 5.74) is 0.708. The Kier molecular flexibility index (Phi) is 8.00. The number of allylic oxidation sites excluding steroid dienone is 2. The van der Waals surface area contributed by atoms with Crippen LogP contribution >= 0.6 is 0 Å². The predicted octanol–water partition coefficient (Wildman–Crippen LogP) is 1.34. The molecule has 0 aromatic rings. The molecule has 43 valence electrons. The number of hydrogen-bond donors (Lipinski definition) is 0. The van der Waals surface area contributed by atoms with E-state index in [1.165, 1.54) is 6.92 Å². The SMILES string of the molecule is C[C-]=C(C)C(C)=O.[Y]. The topological polar surface area (TPSA) is 17.1 Å². The van der Waals surface area contributed by atoms with Gasteiger partial charge in [0.1, 0.15) is 0 Å². The summed E-state index contributed by atoms with van der Waals surface area (Å²) in [6.45, 7) is 5.02. The third-order valence-electron chi connectivity index (χ3n) is 0.903. The molecule has 0 heterocycles. The number of hydrogen-bond acceptors (Lipinski definition) is 1. The van der Waals surface area contributed by atoms with Crippen LogP contribution < -0.4 is 0 Å². The van der Waals surface area contributed by atoms with Crippen molar-refractivity contribution in [1.82, 2.24) is 0 Å². The molecule has 0 atom stereocenters. The van der Waals surface area contributed by atoms with E-state index in [1.807, 2.05) is 0 Å². The fraction of sp³-hybridized carbons (Fsp3) is 0.500. The molecule has 1 radical (unpaired) electrons. The molecular weight excluding hydrogens is 177 g/mol. The van der Waals surface area contributed by atoms with Gasteiger partial charge in [-0.3, -0.25) is 6.08 Å². The molecule has 0 saturated heterocycles. The largest absolute Gasteiger partial charge is 0.407 e. The van der Waals surface area contributed by atoms with Crippen LogP contribution in [0.1, 0.15) is 20.8 Å². The monoisotopic (exact) mass is 186 g/mol. The van der Waals surface area contributed by atoms with Crippen LogP contribution in [0.3, 0.4) is 0 Å². The number of carbonyl (C=O) groups is 1. The molecule has 0 aromatic heterocycles. The summed E-state index contributed by atoms with van der Waals surface area (Å²) in [6, 6.07) is 0. The number of rotatable bonds is 1. The van der Waals surface area contributed by atoms with E-state index in [-0.39, 0.29) is 38.5 Å². The Hall–Kier alpha value is 0.514. The third kappa shape index (κ3) is 4.67. The minimum Gasteiger partial charge on any atom is -0.407 e. The number of carbonyl (C=O) groups excluding carboxylic acids is 1. The number of Topliss-reactive ketones (excluding diaryl/α,β-unsaturated/α-hetero) is 1. The molecule has 0 saturated carbocycles. The van der Waals surface area contributed by atoms with Gasteiger partial charge in [0.2, 0.25) is 0 Å². The molecule has 0 rings (SSSR count). The van der Waals surface area contributed by atoms with Crippen LogP contribution in [-0.2, 0) is 37.5 Å². The van der Waals surface area contributed by atoms with Crippen LogP contribution in [0.2, 0.25) is 0 Å². The summed E-state index contributed by atoms with van der Waals surface area (Å²) >= 11 is 0. The second kappa shape index (κ2) is 5.65. The van der Waals surface area contributed by atoms with Crippen LogP contribution in [0.5, 0.6) is 0 Å². The van der Waals surface area contributed by atoms with E-state index >= 15 is 0 Å².